The number of hydrogen-bond acceptors (Lipinski definition) is 5. The van der Waals surface area contributed by atoms with Crippen molar-refractivity contribution in [3.8, 4) is 0 Å². The Balaban J connectivity index is 1.55. The number of fused-ring (bicyclic) bond motifs is 1. The molecule has 1 aliphatic heterocycles. The van der Waals surface area contributed by atoms with Gasteiger partial charge in [0.15, 0.2) is 6.61 Å². The van der Waals surface area contributed by atoms with Crippen molar-refractivity contribution in [1.82, 2.24) is 4.90 Å². The molecule has 0 bridgehead atoms. The van der Waals surface area contributed by atoms with E-state index in [2.05, 4.69) is 5.32 Å². The van der Waals surface area contributed by atoms with E-state index in [9.17, 15) is 23.6 Å². The number of carbonyl (C=O) groups is 4. The molecule has 0 spiro atoms. The van der Waals surface area contributed by atoms with Crippen molar-refractivity contribution >= 4 is 29.4 Å². The number of benzene rings is 1. The van der Waals surface area contributed by atoms with Gasteiger partial charge in [0.05, 0.1) is 11.8 Å². The smallest absolute Gasteiger partial charge is 0.329 e. The van der Waals surface area contributed by atoms with E-state index in [1.165, 1.54) is 19.1 Å². The van der Waals surface area contributed by atoms with E-state index in [0.29, 0.717) is 18.4 Å². The van der Waals surface area contributed by atoms with Crippen molar-refractivity contribution in [3.05, 3.63) is 41.7 Å². The number of nitrogens with zero attached hydrogens (tertiary/aromatic N) is 1. The summed E-state index contributed by atoms with van der Waals surface area (Å²) in [4.78, 5) is 50.1. The van der Waals surface area contributed by atoms with Crippen LogP contribution in [0.25, 0.3) is 0 Å². The van der Waals surface area contributed by atoms with Gasteiger partial charge >= 0.3 is 5.97 Å². The second-order valence-electron chi connectivity index (χ2n) is 7.00. The monoisotopic (exact) mass is 388 g/mol. The van der Waals surface area contributed by atoms with Gasteiger partial charge in [-0.2, -0.15) is 0 Å². The first-order chi connectivity index (χ1) is 13.3. The minimum Gasteiger partial charge on any atom is -0.454 e. The molecule has 28 heavy (non-hydrogen) atoms. The zero-order valence-corrected chi connectivity index (χ0v) is 15.6. The summed E-state index contributed by atoms with van der Waals surface area (Å²) in [5.74, 6) is -3.61. The Kier molecular flexibility index (Phi) is 5.58. The second kappa shape index (κ2) is 7.92. The number of amides is 3. The van der Waals surface area contributed by atoms with Crippen molar-refractivity contribution < 1.29 is 28.3 Å². The molecule has 0 radical (unpaired) electrons. The van der Waals surface area contributed by atoms with Gasteiger partial charge in [-0.3, -0.25) is 19.3 Å². The van der Waals surface area contributed by atoms with E-state index in [1.807, 2.05) is 12.2 Å². The topological polar surface area (TPSA) is 92.8 Å². The number of aryl methyl sites for hydroxylation is 1. The summed E-state index contributed by atoms with van der Waals surface area (Å²) in [5, 5.41) is 2.42. The first-order valence-corrected chi connectivity index (χ1v) is 9.04. The number of anilines is 1. The van der Waals surface area contributed by atoms with Crippen LogP contribution in [0.3, 0.4) is 0 Å². The highest BCUT2D eigenvalue weighted by molar-refractivity contribution is 6.08. The van der Waals surface area contributed by atoms with Gasteiger partial charge in [-0.15, -0.1) is 0 Å². The largest absolute Gasteiger partial charge is 0.454 e. The van der Waals surface area contributed by atoms with Crippen LogP contribution in [0.1, 0.15) is 25.3 Å². The zero-order valence-electron chi connectivity index (χ0n) is 15.6. The van der Waals surface area contributed by atoms with Crippen molar-refractivity contribution in [2.75, 3.05) is 11.9 Å². The van der Waals surface area contributed by atoms with Crippen molar-refractivity contribution in [2.24, 2.45) is 11.8 Å². The van der Waals surface area contributed by atoms with Gasteiger partial charge in [-0.25, -0.2) is 9.18 Å². The van der Waals surface area contributed by atoms with E-state index < -0.39 is 42.2 Å². The third kappa shape index (κ3) is 3.81. The minimum absolute atomic E-state index is 0.235. The Morgan fingerprint density at radius 1 is 1.21 bits per heavy atom. The Morgan fingerprint density at radius 3 is 2.39 bits per heavy atom. The van der Waals surface area contributed by atoms with Crippen LogP contribution in [0, 0.1) is 24.6 Å². The highest BCUT2D eigenvalue weighted by Gasteiger charge is 2.50. The molecule has 1 aliphatic carbocycles. The summed E-state index contributed by atoms with van der Waals surface area (Å²) < 4.78 is 18.5. The molecule has 0 saturated carbocycles. The molecular weight excluding hydrogens is 367 g/mol. The number of imide groups is 1. The van der Waals surface area contributed by atoms with Crippen LogP contribution in [-0.4, -0.2) is 41.2 Å². The summed E-state index contributed by atoms with van der Waals surface area (Å²) in [6.07, 6.45) is 4.67. The molecule has 2 aliphatic rings. The number of allylic oxidation sites excluding steroid dienone is 2. The van der Waals surface area contributed by atoms with E-state index in [-0.39, 0.29) is 17.5 Å². The van der Waals surface area contributed by atoms with Crippen molar-refractivity contribution in [1.29, 1.82) is 0 Å². The lowest BCUT2D eigenvalue weighted by atomic mass is 9.85. The average Bonchev–Trinajstić information content (AvgIpc) is 2.93. The minimum atomic E-state index is -1.12. The molecular formula is C20H21FN2O5. The Morgan fingerprint density at radius 2 is 1.82 bits per heavy atom. The fourth-order valence-electron chi connectivity index (χ4n) is 3.44. The number of likely N-dealkylation sites (tertiary alicyclic amines) is 1. The van der Waals surface area contributed by atoms with Crippen LogP contribution < -0.4 is 5.32 Å². The maximum absolute atomic E-state index is 13.5. The first kappa shape index (κ1) is 19.7. The standard InChI is InChI=1S/C20H21FN2O5/c1-11-7-8-13(9-16(11)21)22-17(24)10-28-20(27)12(2)23-18(25)14-5-3-4-6-15(14)19(23)26/h3-4,7-9,12,14-15H,5-6,10H2,1-2H3,(H,22,24)/t12-,14+,15+/m0/s1. The highest BCUT2D eigenvalue weighted by Crippen LogP contribution is 2.36. The number of esters is 1. The molecule has 1 aromatic rings. The molecule has 1 fully saturated rings. The number of hydrogen-bond donors (Lipinski definition) is 1. The van der Waals surface area contributed by atoms with Gasteiger partial charge in [0, 0.05) is 5.69 Å². The maximum Gasteiger partial charge on any atom is 0.329 e. The summed E-state index contributed by atoms with van der Waals surface area (Å²) >= 11 is 0. The van der Waals surface area contributed by atoms with Gasteiger partial charge in [-0.05, 0) is 44.4 Å². The average molecular weight is 388 g/mol. The lowest BCUT2D eigenvalue weighted by Gasteiger charge is -2.21. The molecule has 3 amide bonds. The molecule has 7 nitrogen and oxygen atoms in total. The Bertz CT molecular complexity index is 840. The van der Waals surface area contributed by atoms with Gasteiger partial charge in [0.1, 0.15) is 11.9 Å². The number of ether oxygens (including phenoxy) is 1. The van der Waals surface area contributed by atoms with E-state index >= 15 is 0 Å². The third-order valence-corrected chi connectivity index (χ3v) is 5.07. The van der Waals surface area contributed by atoms with Gasteiger partial charge < -0.3 is 10.1 Å². The summed E-state index contributed by atoms with van der Waals surface area (Å²) in [6, 6.07) is 3.08. The predicted octanol–water partition coefficient (Wildman–Crippen LogP) is 1.96. The molecule has 1 N–H and O–H groups in total. The van der Waals surface area contributed by atoms with E-state index in [4.69, 9.17) is 4.74 Å². The lowest BCUT2D eigenvalue weighted by molar-refractivity contribution is -0.159. The van der Waals surface area contributed by atoms with Crippen LogP contribution in [-0.2, 0) is 23.9 Å². The molecule has 1 saturated heterocycles. The van der Waals surface area contributed by atoms with Crippen LogP contribution in [0.2, 0.25) is 0 Å². The second-order valence-corrected chi connectivity index (χ2v) is 7.00. The van der Waals surface area contributed by atoms with Gasteiger partial charge in [0.25, 0.3) is 5.91 Å². The van der Waals surface area contributed by atoms with Crippen LogP contribution in [0.4, 0.5) is 10.1 Å². The predicted molar refractivity (Wildman–Crippen MR) is 97.4 cm³/mol. The number of halogens is 1. The zero-order chi connectivity index (χ0) is 20.4. The molecule has 3 rings (SSSR count). The Hall–Kier alpha value is -3.03. The lowest BCUT2D eigenvalue weighted by Crippen LogP contribution is -2.45. The molecule has 1 aromatic carbocycles. The van der Waals surface area contributed by atoms with Crippen LogP contribution in [0.5, 0.6) is 0 Å². The third-order valence-electron chi connectivity index (χ3n) is 5.07. The first-order valence-electron chi connectivity index (χ1n) is 9.04. The number of carbonyl (C=O) groups excluding carboxylic acids is 4. The molecule has 148 valence electrons. The molecule has 3 atom stereocenters. The van der Waals surface area contributed by atoms with Crippen molar-refractivity contribution in [2.45, 2.75) is 32.7 Å². The number of rotatable bonds is 5. The normalized spacial score (nSPS) is 22.0. The summed E-state index contributed by atoms with van der Waals surface area (Å²) in [5.41, 5.74) is 0.674. The van der Waals surface area contributed by atoms with Gasteiger partial charge in [-0.1, -0.05) is 18.2 Å². The van der Waals surface area contributed by atoms with E-state index in [0.717, 1.165) is 11.0 Å². The number of nitrogens with one attached hydrogen (secondary N) is 1. The fourth-order valence-corrected chi connectivity index (χ4v) is 3.44. The highest BCUT2D eigenvalue weighted by atomic mass is 19.1. The maximum atomic E-state index is 13.5. The quantitative estimate of drug-likeness (QED) is 0.473. The molecule has 1 heterocycles. The summed E-state index contributed by atoms with van der Waals surface area (Å²) in [7, 11) is 0. The molecule has 0 unspecified atom stereocenters. The molecule has 8 heteroatoms. The Labute approximate surface area is 161 Å². The fraction of sp³-hybridized carbons (Fsp3) is 0.400. The van der Waals surface area contributed by atoms with Gasteiger partial charge in [0.2, 0.25) is 11.8 Å². The SMILES string of the molecule is Cc1ccc(NC(=O)COC(=O)[C@H](C)N2C(=O)[C@@H]3CC=CC[C@H]3C2=O)cc1F. The summed E-state index contributed by atoms with van der Waals surface area (Å²) in [6.45, 7) is 2.39. The van der Waals surface area contributed by atoms with E-state index in [1.54, 1.807) is 6.92 Å². The molecule has 0 aromatic heterocycles. The van der Waals surface area contributed by atoms with Crippen LogP contribution >= 0.6 is 0 Å². The van der Waals surface area contributed by atoms with Crippen molar-refractivity contribution in [3.63, 3.8) is 0 Å². The van der Waals surface area contributed by atoms with Crippen LogP contribution in [0.15, 0.2) is 30.4 Å².